The van der Waals surface area contributed by atoms with Gasteiger partial charge in [0.1, 0.15) is 6.04 Å². The van der Waals surface area contributed by atoms with E-state index in [2.05, 4.69) is 16.0 Å². The van der Waals surface area contributed by atoms with Gasteiger partial charge in [0.05, 0.1) is 26.4 Å². The zero-order valence-electron chi connectivity index (χ0n) is 17.0. The Morgan fingerprint density at radius 3 is 2.07 bits per heavy atom. The van der Waals surface area contributed by atoms with Crippen LogP contribution in [0.3, 0.4) is 0 Å². The van der Waals surface area contributed by atoms with Gasteiger partial charge in [0, 0.05) is 32.9 Å². The lowest BCUT2D eigenvalue weighted by molar-refractivity contribution is -0.130. The van der Waals surface area contributed by atoms with Crippen molar-refractivity contribution in [2.24, 2.45) is 11.7 Å². The molecule has 5 N–H and O–H groups in total. The van der Waals surface area contributed by atoms with E-state index in [0.29, 0.717) is 32.8 Å². The summed E-state index contributed by atoms with van der Waals surface area (Å²) in [5.41, 5.74) is 4.97. The van der Waals surface area contributed by atoms with Crippen molar-refractivity contribution >= 4 is 23.6 Å². The maximum atomic E-state index is 11.9. The molecule has 162 valence electrons. The molecule has 0 rings (SSSR count). The molecule has 4 amide bonds. The molecule has 0 aromatic carbocycles. The van der Waals surface area contributed by atoms with Gasteiger partial charge in [-0.15, -0.1) is 0 Å². The van der Waals surface area contributed by atoms with Gasteiger partial charge in [-0.3, -0.25) is 19.2 Å². The fourth-order valence-corrected chi connectivity index (χ4v) is 2.19. The third-order valence-corrected chi connectivity index (χ3v) is 3.75. The van der Waals surface area contributed by atoms with E-state index in [9.17, 15) is 19.2 Å². The summed E-state index contributed by atoms with van der Waals surface area (Å²) in [5.74, 6) is -1.09. The number of nitrogens with one attached hydrogen (secondary N) is 3. The molecule has 0 spiro atoms. The summed E-state index contributed by atoms with van der Waals surface area (Å²) >= 11 is 0. The predicted molar refractivity (Wildman–Crippen MR) is 103 cm³/mol. The average molecular weight is 402 g/mol. The zero-order valence-corrected chi connectivity index (χ0v) is 17.0. The normalized spacial score (nSPS) is 11.7. The number of ether oxygens (including phenoxy) is 2. The Kier molecular flexibility index (Phi) is 14.6. The SMILES string of the molecule is CNC(=O)C(NC(=O)CCCC(=O)NCCOCCOCCC(N)=O)C(C)C. The van der Waals surface area contributed by atoms with Crippen LogP contribution in [0.2, 0.25) is 0 Å². The van der Waals surface area contributed by atoms with Crippen LogP contribution in [-0.2, 0) is 28.7 Å². The molecule has 0 aliphatic rings. The van der Waals surface area contributed by atoms with Gasteiger partial charge in [-0.2, -0.15) is 0 Å². The molecule has 0 saturated heterocycles. The van der Waals surface area contributed by atoms with E-state index in [1.807, 2.05) is 13.8 Å². The molecule has 0 saturated carbocycles. The fourth-order valence-electron chi connectivity index (χ4n) is 2.19. The van der Waals surface area contributed by atoms with Crippen molar-refractivity contribution in [2.45, 2.75) is 45.6 Å². The number of rotatable bonds is 16. The highest BCUT2D eigenvalue weighted by atomic mass is 16.5. The minimum atomic E-state index is -0.580. The smallest absolute Gasteiger partial charge is 0.242 e. The second-order valence-electron chi connectivity index (χ2n) is 6.55. The maximum absolute atomic E-state index is 11.9. The summed E-state index contributed by atoms with van der Waals surface area (Å²) in [6, 6.07) is -0.580. The minimum Gasteiger partial charge on any atom is -0.379 e. The van der Waals surface area contributed by atoms with Crippen LogP contribution in [0.15, 0.2) is 0 Å². The molecule has 0 fully saturated rings. The molecule has 0 aliphatic carbocycles. The Balaban J connectivity index is 3.70. The Morgan fingerprint density at radius 1 is 0.893 bits per heavy atom. The van der Waals surface area contributed by atoms with Crippen LogP contribution < -0.4 is 21.7 Å². The predicted octanol–water partition coefficient (Wildman–Crippen LogP) is -0.932. The van der Waals surface area contributed by atoms with Crippen LogP contribution in [0.25, 0.3) is 0 Å². The lowest BCUT2D eigenvalue weighted by Gasteiger charge is -2.20. The summed E-state index contributed by atoms with van der Waals surface area (Å²) in [4.78, 5) is 45.9. The number of primary amides is 1. The lowest BCUT2D eigenvalue weighted by atomic mass is 10.0. The van der Waals surface area contributed by atoms with E-state index in [1.165, 1.54) is 7.05 Å². The maximum Gasteiger partial charge on any atom is 0.242 e. The van der Waals surface area contributed by atoms with Crippen LogP contribution in [0, 0.1) is 5.92 Å². The molecular weight excluding hydrogens is 368 g/mol. The van der Waals surface area contributed by atoms with Crippen molar-refractivity contribution in [1.29, 1.82) is 0 Å². The van der Waals surface area contributed by atoms with Gasteiger partial charge >= 0.3 is 0 Å². The molecule has 0 aromatic rings. The van der Waals surface area contributed by atoms with Crippen LogP contribution in [0.4, 0.5) is 0 Å². The lowest BCUT2D eigenvalue weighted by Crippen LogP contribution is -2.48. The zero-order chi connectivity index (χ0) is 21.4. The summed E-state index contributed by atoms with van der Waals surface area (Å²) in [7, 11) is 1.52. The first kappa shape index (κ1) is 25.8. The van der Waals surface area contributed by atoms with Crippen LogP contribution in [0.1, 0.15) is 39.5 Å². The van der Waals surface area contributed by atoms with E-state index >= 15 is 0 Å². The summed E-state index contributed by atoms with van der Waals surface area (Å²) in [6.45, 7) is 5.38. The van der Waals surface area contributed by atoms with Crippen molar-refractivity contribution in [1.82, 2.24) is 16.0 Å². The number of carbonyl (C=O) groups is 4. The third kappa shape index (κ3) is 13.9. The first-order valence-electron chi connectivity index (χ1n) is 9.49. The molecule has 0 radical (unpaired) electrons. The Morgan fingerprint density at radius 2 is 1.50 bits per heavy atom. The molecule has 10 nitrogen and oxygen atoms in total. The second kappa shape index (κ2) is 15.8. The summed E-state index contributed by atoms with van der Waals surface area (Å²) in [5, 5.41) is 7.91. The van der Waals surface area contributed by atoms with E-state index < -0.39 is 11.9 Å². The molecule has 0 heterocycles. The molecule has 28 heavy (non-hydrogen) atoms. The standard InChI is InChI=1S/C18H34N4O6/c1-13(2)17(18(26)20-3)22-16(25)6-4-5-15(24)21-8-10-28-12-11-27-9-7-14(19)23/h13,17H,4-12H2,1-3H3,(H2,19,23)(H,20,26)(H,21,24)(H,22,25). The van der Waals surface area contributed by atoms with Crippen LogP contribution in [-0.4, -0.2) is 69.7 Å². The first-order valence-corrected chi connectivity index (χ1v) is 9.49. The third-order valence-electron chi connectivity index (χ3n) is 3.75. The van der Waals surface area contributed by atoms with Crippen molar-refractivity contribution in [3.8, 4) is 0 Å². The molecular formula is C18H34N4O6. The Labute approximate surface area is 166 Å². The first-order chi connectivity index (χ1) is 13.3. The molecule has 0 aromatic heterocycles. The summed E-state index contributed by atoms with van der Waals surface area (Å²) < 4.78 is 10.4. The number of likely N-dealkylation sites (N-methyl/N-ethyl adjacent to an activating group) is 1. The Bertz CT molecular complexity index is 498. The summed E-state index contributed by atoms with van der Waals surface area (Å²) in [6.07, 6.45) is 0.964. The second-order valence-corrected chi connectivity index (χ2v) is 6.55. The average Bonchev–Trinajstić information content (AvgIpc) is 2.63. The van der Waals surface area contributed by atoms with Gasteiger partial charge in [0.25, 0.3) is 0 Å². The van der Waals surface area contributed by atoms with Crippen LogP contribution >= 0.6 is 0 Å². The van der Waals surface area contributed by atoms with Gasteiger partial charge in [-0.1, -0.05) is 13.8 Å². The molecule has 1 atom stereocenters. The topological polar surface area (TPSA) is 149 Å². The van der Waals surface area contributed by atoms with Gasteiger partial charge in [0.15, 0.2) is 0 Å². The van der Waals surface area contributed by atoms with Crippen molar-refractivity contribution < 1.29 is 28.7 Å². The van der Waals surface area contributed by atoms with Crippen molar-refractivity contribution in [2.75, 3.05) is 40.0 Å². The highest BCUT2D eigenvalue weighted by Crippen LogP contribution is 2.03. The number of hydrogen-bond donors (Lipinski definition) is 4. The van der Waals surface area contributed by atoms with Crippen LogP contribution in [0.5, 0.6) is 0 Å². The number of amides is 4. The number of hydrogen-bond acceptors (Lipinski definition) is 6. The van der Waals surface area contributed by atoms with Crippen molar-refractivity contribution in [3.63, 3.8) is 0 Å². The van der Waals surface area contributed by atoms with E-state index in [1.54, 1.807) is 0 Å². The number of carbonyl (C=O) groups excluding carboxylic acids is 4. The highest BCUT2D eigenvalue weighted by molar-refractivity contribution is 5.87. The molecule has 0 bridgehead atoms. The van der Waals surface area contributed by atoms with Gasteiger partial charge < -0.3 is 31.2 Å². The molecule has 1 unspecified atom stereocenters. The quantitative estimate of drug-likeness (QED) is 0.245. The van der Waals surface area contributed by atoms with Crippen molar-refractivity contribution in [3.05, 3.63) is 0 Å². The van der Waals surface area contributed by atoms with E-state index in [-0.39, 0.29) is 49.5 Å². The highest BCUT2D eigenvalue weighted by Gasteiger charge is 2.22. The van der Waals surface area contributed by atoms with Gasteiger partial charge in [-0.05, 0) is 12.3 Å². The minimum absolute atomic E-state index is 0.0271. The largest absolute Gasteiger partial charge is 0.379 e. The van der Waals surface area contributed by atoms with Gasteiger partial charge in [-0.25, -0.2) is 0 Å². The van der Waals surface area contributed by atoms with E-state index in [0.717, 1.165) is 0 Å². The molecule has 0 aliphatic heterocycles. The fraction of sp³-hybridized carbons (Fsp3) is 0.778. The number of nitrogens with two attached hydrogens (primary N) is 1. The molecule has 10 heteroatoms. The van der Waals surface area contributed by atoms with Gasteiger partial charge in [0.2, 0.25) is 23.6 Å². The Hall–Kier alpha value is -2.20. The monoisotopic (exact) mass is 402 g/mol. The van der Waals surface area contributed by atoms with E-state index in [4.69, 9.17) is 15.2 Å².